The van der Waals surface area contributed by atoms with Crippen molar-refractivity contribution in [3.05, 3.63) is 0 Å². The molecule has 7 nitrogen and oxygen atoms in total. The number of nitrogens with two attached hydrogens (primary N) is 1. The van der Waals surface area contributed by atoms with Crippen LogP contribution in [0.1, 0.15) is 52.4 Å². The first-order valence-corrected chi connectivity index (χ1v) is 9.04. The smallest absolute Gasteiger partial charge is 0.220 e. The molecule has 24 heavy (non-hydrogen) atoms. The van der Waals surface area contributed by atoms with E-state index < -0.39 is 30.5 Å². The Morgan fingerprint density at radius 2 is 1.75 bits per heavy atom. The first kappa shape index (κ1) is 21.3. The summed E-state index contributed by atoms with van der Waals surface area (Å²) in [5.74, 6) is -0.121. The van der Waals surface area contributed by atoms with Crippen LogP contribution in [0, 0.1) is 5.92 Å². The number of rotatable bonds is 10. The zero-order valence-corrected chi connectivity index (χ0v) is 14.9. The third-order valence-corrected chi connectivity index (χ3v) is 4.56. The van der Waals surface area contributed by atoms with Gasteiger partial charge < -0.3 is 31.1 Å². The van der Waals surface area contributed by atoms with E-state index in [1.165, 1.54) is 0 Å². The highest BCUT2D eigenvalue weighted by Gasteiger charge is 2.45. The second-order valence-corrected chi connectivity index (χ2v) is 6.95. The molecule has 142 valence electrons. The fraction of sp³-hybridized carbons (Fsp3) is 0.941. The molecule has 6 N–H and O–H groups in total. The van der Waals surface area contributed by atoms with E-state index >= 15 is 0 Å². The number of aliphatic hydroxyl groups is 3. The van der Waals surface area contributed by atoms with Crippen LogP contribution in [0.3, 0.4) is 0 Å². The highest BCUT2D eigenvalue weighted by Crippen LogP contribution is 2.26. The van der Waals surface area contributed by atoms with Crippen LogP contribution in [0.25, 0.3) is 0 Å². The van der Waals surface area contributed by atoms with Crippen molar-refractivity contribution in [1.82, 2.24) is 5.32 Å². The Kier molecular flexibility index (Phi) is 9.76. The van der Waals surface area contributed by atoms with Gasteiger partial charge >= 0.3 is 0 Å². The zero-order chi connectivity index (χ0) is 18.1. The second kappa shape index (κ2) is 11.0. The minimum Gasteiger partial charge on any atom is -0.394 e. The number of hydrogen-bond acceptors (Lipinski definition) is 6. The van der Waals surface area contributed by atoms with Crippen LogP contribution in [0.5, 0.6) is 0 Å². The summed E-state index contributed by atoms with van der Waals surface area (Å²) in [7, 11) is 0. The number of nitrogens with one attached hydrogen (secondary N) is 1. The number of carbonyl (C=O) groups excluding carboxylic acids is 1. The van der Waals surface area contributed by atoms with Crippen LogP contribution in [-0.4, -0.2) is 64.8 Å². The fourth-order valence-electron chi connectivity index (χ4n) is 3.10. The average Bonchev–Trinajstić information content (AvgIpc) is 2.55. The molecule has 0 aromatic carbocycles. The molecule has 0 saturated carbocycles. The lowest BCUT2D eigenvalue weighted by atomic mass is 9.87. The van der Waals surface area contributed by atoms with Gasteiger partial charge in [0.1, 0.15) is 18.3 Å². The van der Waals surface area contributed by atoms with E-state index in [9.17, 15) is 20.1 Å². The molecular formula is C17H34N2O5. The van der Waals surface area contributed by atoms with Crippen molar-refractivity contribution >= 4 is 5.91 Å². The van der Waals surface area contributed by atoms with E-state index in [2.05, 4.69) is 5.32 Å². The van der Waals surface area contributed by atoms with Crippen molar-refractivity contribution in [1.29, 1.82) is 0 Å². The van der Waals surface area contributed by atoms with Crippen LogP contribution in [0.15, 0.2) is 0 Å². The van der Waals surface area contributed by atoms with Gasteiger partial charge in [-0.15, -0.1) is 0 Å². The number of aliphatic hydroxyl groups excluding tert-OH is 3. The summed E-state index contributed by atoms with van der Waals surface area (Å²) in [5.41, 5.74) is 5.44. The van der Waals surface area contributed by atoms with Gasteiger partial charge in [0, 0.05) is 6.42 Å². The quantitative estimate of drug-likeness (QED) is 0.352. The Balaban J connectivity index is 2.48. The van der Waals surface area contributed by atoms with Crippen LogP contribution < -0.4 is 11.1 Å². The first-order valence-electron chi connectivity index (χ1n) is 9.04. The summed E-state index contributed by atoms with van der Waals surface area (Å²) < 4.78 is 5.68. The second-order valence-electron chi connectivity index (χ2n) is 6.95. The number of amides is 1. The molecule has 1 rings (SSSR count). The molecule has 1 saturated heterocycles. The summed E-state index contributed by atoms with van der Waals surface area (Å²) in [5, 5.41) is 32.4. The van der Waals surface area contributed by atoms with E-state index in [1.807, 2.05) is 13.8 Å². The SMILES string of the molecule is CC(C)[C@@H]1OC(CO)[C@@H](O)C(O)C1NC(=O)CCCCCCCN. The van der Waals surface area contributed by atoms with Crippen LogP contribution in [0.2, 0.25) is 0 Å². The molecule has 7 heteroatoms. The highest BCUT2D eigenvalue weighted by molar-refractivity contribution is 5.76. The fourth-order valence-corrected chi connectivity index (χ4v) is 3.10. The van der Waals surface area contributed by atoms with Crippen LogP contribution in [0.4, 0.5) is 0 Å². The van der Waals surface area contributed by atoms with E-state index in [0.717, 1.165) is 32.1 Å². The molecule has 3 unspecified atom stereocenters. The predicted molar refractivity (Wildman–Crippen MR) is 91.3 cm³/mol. The maximum absolute atomic E-state index is 12.1. The van der Waals surface area contributed by atoms with Crippen molar-refractivity contribution in [3.8, 4) is 0 Å². The van der Waals surface area contributed by atoms with Gasteiger partial charge in [-0.1, -0.05) is 33.1 Å². The monoisotopic (exact) mass is 346 g/mol. The Hall–Kier alpha value is -0.730. The van der Waals surface area contributed by atoms with Crippen LogP contribution >= 0.6 is 0 Å². The summed E-state index contributed by atoms with van der Waals surface area (Å²) >= 11 is 0. The van der Waals surface area contributed by atoms with Gasteiger partial charge in [-0.2, -0.15) is 0 Å². The molecule has 0 aromatic rings. The molecule has 1 amide bonds. The predicted octanol–water partition coefficient (Wildman–Crippen LogP) is -0.0920. The molecule has 0 aliphatic carbocycles. The molecule has 1 aliphatic heterocycles. The molecule has 0 radical (unpaired) electrons. The van der Waals surface area contributed by atoms with Crippen LogP contribution in [-0.2, 0) is 9.53 Å². The Labute approximate surface area is 144 Å². The summed E-state index contributed by atoms with van der Waals surface area (Å²) in [6, 6.07) is -0.674. The zero-order valence-electron chi connectivity index (χ0n) is 14.9. The van der Waals surface area contributed by atoms with E-state index in [-0.39, 0.29) is 18.4 Å². The third kappa shape index (κ3) is 6.29. The maximum Gasteiger partial charge on any atom is 0.220 e. The van der Waals surface area contributed by atoms with Gasteiger partial charge in [0.25, 0.3) is 0 Å². The van der Waals surface area contributed by atoms with Crippen molar-refractivity contribution < 1.29 is 24.9 Å². The van der Waals surface area contributed by atoms with Crippen molar-refractivity contribution in [3.63, 3.8) is 0 Å². The molecule has 0 spiro atoms. The number of carbonyl (C=O) groups is 1. The van der Waals surface area contributed by atoms with E-state index in [0.29, 0.717) is 13.0 Å². The van der Waals surface area contributed by atoms with Gasteiger partial charge in [0.05, 0.1) is 18.8 Å². The van der Waals surface area contributed by atoms with Crippen molar-refractivity contribution in [2.24, 2.45) is 11.7 Å². The maximum atomic E-state index is 12.1. The van der Waals surface area contributed by atoms with E-state index in [1.54, 1.807) is 0 Å². The highest BCUT2D eigenvalue weighted by atomic mass is 16.5. The lowest BCUT2D eigenvalue weighted by molar-refractivity contribution is -0.204. The molecule has 0 bridgehead atoms. The number of unbranched alkanes of at least 4 members (excludes halogenated alkanes) is 4. The Bertz CT molecular complexity index is 367. The third-order valence-electron chi connectivity index (χ3n) is 4.56. The Morgan fingerprint density at radius 3 is 2.33 bits per heavy atom. The molecule has 5 atom stereocenters. The standard InChI is InChI=1S/C17H34N2O5/c1-11(2)17-14(16(23)15(22)12(10-20)24-17)19-13(21)8-6-4-3-5-7-9-18/h11-12,14-17,20,22-23H,3-10,18H2,1-2H3,(H,19,21)/t12?,14?,15-,16?,17+/m1/s1. The molecular weight excluding hydrogens is 312 g/mol. The Morgan fingerprint density at radius 1 is 1.12 bits per heavy atom. The molecule has 1 aliphatic rings. The average molecular weight is 346 g/mol. The van der Waals surface area contributed by atoms with Crippen molar-refractivity contribution in [2.45, 2.75) is 82.8 Å². The lowest BCUT2D eigenvalue weighted by Gasteiger charge is -2.44. The van der Waals surface area contributed by atoms with Crippen molar-refractivity contribution in [2.75, 3.05) is 13.2 Å². The van der Waals surface area contributed by atoms with Gasteiger partial charge in [-0.05, 0) is 25.3 Å². The number of ether oxygens (including phenoxy) is 1. The number of hydrogen-bond donors (Lipinski definition) is 5. The normalized spacial score (nSPS) is 30.5. The summed E-state index contributed by atoms with van der Waals surface area (Å²) in [4.78, 5) is 12.1. The largest absolute Gasteiger partial charge is 0.394 e. The molecule has 0 aromatic heterocycles. The van der Waals surface area contributed by atoms with Gasteiger partial charge in [0.15, 0.2) is 0 Å². The minimum atomic E-state index is -1.22. The van der Waals surface area contributed by atoms with E-state index in [4.69, 9.17) is 10.5 Å². The molecule has 1 fully saturated rings. The van der Waals surface area contributed by atoms with Gasteiger partial charge in [-0.3, -0.25) is 4.79 Å². The van der Waals surface area contributed by atoms with Gasteiger partial charge in [-0.25, -0.2) is 0 Å². The topological polar surface area (TPSA) is 125 Å². The first-order chi connectivity index (χ1) is 11.4. The molecule has 1 heterocycles. The summed E-state index contributed by atoms with van der Waals surface area (Å²) in [6.07, 6.45) is 1.64. The lowest BCUT2D eigenvalue weighted by Crippen LogP contribution is -2.65. The minimum absolute atomic E-state index is 0.0303. The summed E-state index contributed by atoms with van der Waals surface area (Å²) in [6.45, 7) is 4.17. The van der Waals surface area contributed by atoms with Gasteiger partial charge in [0.2, 0.25) is 5.91 Å².